The minimum absolute atomic E-state index is 0.204. The van der Waals surface area contributed by atoms with Crippen LogP contribution in [-0.2, 0) is 10.2 Å². The van der Waals surface area contributed by atoms with Crippen molar-refractivity contribution in [2.45, 2.75) is 27.7 Å². The Morgan fingerprint density at radius 2 is 2.00 bits per heavy atom. The van der Waals surface area contributed by atoms with Crippen molar-refractivity contribution in [1.82, 2.24) is 18.9 Å². The molecule has 2 N–H and O–H groups in total. The van der Waals surface area contributed by atoms with Crippen molar-refractivity contribution >= 4 is 21.5 Å². The number of aryl methyl sites for hydroxylation is 2. The fraction of sp³-hybridized carbons (Fsp3) is 0.647. The van der Waals surface area contributed by atoms with Crippen molar-refractivity contribution in [3.05, 3.63) is 17.6 Å². The van der Waals surface area contributed by atoms with Gasteiger partial charge in [-0.1, -0.05) is 13.8 Å². The van der Waals surface area contributed by atoms with E-state index >= 15 is 0 Å². The molecule has 1 aliphatic heterocycles. The highest BCUT2D eigenvalue weighted by atomic mass is 32.2. The Morgan fingerprint density at radius 3 is 2.56 bits per heavy atom. The third-order valence-electron chi connectivity index (χ3n) is 5.50. The second-order valence-corrected chi connectivity index (χ2v) is 9.64. The Kier molecular flexibility index (Phi) is 4.86. The number of anilines is 1. The van der Waals surface area contributed by atoms with Crippen molar-refractivity contribution in [3.63, 3.8) is 0 Å². The second-order valence-electron chi connectivity index (χ2n) is 7.99. The Balaban J connectivity index is 1.82. The highest BCUT2D eigenvalue weighted by molar-refractivity contribution is 7.86. The molecule has 1 aliphatic rings. The van der Waals surface area contributed by atoms with E-state index in [2.05, 4.69) is 28.8 Å². The lowest BCUT2D eigenvalue weighted by atomic mass is 9.74. The van der Waals surface area contributed by atoms with Crippen LogP contribution in [0.2, 0.25) is 0 Å². The maximum absolute atomic E-state index is 11.5. The fourth-order valence-corrected chi connectivity index (χ4v) is 4.17. The topological polar surface area (TPSA) is 106 Å². The summed E-state index contributed by atoms with van der Waals surface area (Å²) in [5.74, 6) is 2.68. The molecule has 0 spiro atoms. The maximum atomic E-state index is 11.5. The van der Waals surface area contributed by atoms with Gasteiger partial charge in [0.15, 0.2) is 5.82 Å². The van der Waals surface area contributed by atoms with Gasteiger partial charge in [-0.2, -0.15) is 17.8 Å². The summed E-state index contributed by atoms with van der Waals surface area (Å²) < 4.78 is 31.5. The van der Waals surface area contributed by atoms with E-state index in [-0.39, 0.29) is 5.41 Å². The molecule has 0 bridgehead atoms. The second kappa shape index (κ2) is 6.61. The third-order valence-corrected chi connectivity index (χ3v) is 6.49. The van der Waals surface area contributed by atoms with Crippen LogP contribution in [0.4, 0.5) is 5.82 Å². The molecule has 0 aliphatic carbocycles. The zero-order chi connectivity index (χ0) is 20.1. The van der Waals surface area contributed by atoms with Crippen LogP contribution in [0.5, 0.6) is 5.75 Å². The Morgan fingerprint density at radius 1 is 1.37 bits per heavy atom. The lowest BCUT2D eigenvalue weighted by Crippen LogP contribution is -2.56. The molecule has 1 fully saturated rings. The Labute approximate surface area is 160 Å². The van der Waals surface area contributed by atoms with Crippen molar-refractivity contribution in [2.75, 3.05) is 38.7 Å². The highest BCUT2D eigenvalue weighted by Gasteiger charge is 2.41. The Hall–Kier alpha value is -1.91. The number of hydrogen-bond acceptors (Lipinski definition) is 6. The van der Waals surface area contributed by atoms with E-state index in [0.717, 1.165) is 35.7 Å². The van der Waals surface area contributed by atoms with Gasteiger partial charge in [-0.15, -0.1) is 0 Å². The predicted octanol–water partition coefficient (Wildman–Crippen LogP) is 0.952. The van der Waals surface area contributed by atoms with Gasteiger partial charge in [0.1, 0.15) is 17.1 Å². The molecular formula is C17H28N6O3S. The van der Waals surface area contributed by atoms with Crippen LogP contribution in [0.3, 0.4) is 0 Å². The number of nitrogens with two attached hydrogens (primary N) is 1. The lowest BCUT2D eigenvalue weighted by Gasteiger charge is -2.49. The van der Waals surface area contributed by atoms with E-state index in [1.807, 2.05) is 24.6 Å². The summed E-state index contributed by atoms with van der Waals surface area (Å²) >= 11 is 0. The summed E-state index contributed by atoms with van der Waals surface area (Å²) in [7, 11) is -0.518. The minimum Gasteiger partial charge on any atom is -0.495 e. The standard InChI is InChI=1S/C17H28N6O3S/c1-11-14(26-6)9-23-15(11)16(19-12(2)20-23)22-7-13(8-22)17(3,4)10-21(5)27(18,24)25/h9,13H,7-8,10H2,1-6H3,(H2,18,24,25). The first kappa shape index (κ1) is 19.8. The molecule has 3 heterocycles. The molecule has 150 valence electrons. The van der Waals surface area contributed by atoms with Gasteiger partial charge in [0.25, 0.3) is 10.2 Å². The average molecular weight is 397 g/mol. The van der Waals surface area contributed by atoms with Gasteiger partial charge in [-0.3, -0.25) is 0 Å². The molecule has 0 amide bonds. The molecule has 0 radical (unpaired) electrons. The number of fused-ring (bicyclic) bond motifs is 1. The summed E-state index contributed by atoms with van der Waals surface area (Å²) in [6.45, 7) is 9.98. The van der Waals surface area contributed by atoms with E-state index < -0.39 is 10.2 Å². The zero-order valence-electron chi connectivity index (χ0n) is 16.7. The van der Waals surface area contributed by atoms with Gasteiger partial charge in [0.05, 0.1) is 13.3 Å². The summed E-state index contributed by atoms with van der Waals surface area (Å²) in [5, 5.41) is 9.68. The number of hydrogen-bond donors (Lipinski definition) is 1. The zero-order valence-corrected chi connectivity index (χ0v) is 17.5. The first-order chi connectivity index (χ1) is 12.4. The summed E-state index contributed by atoms with van der Waals surface area (Å²) in [6.07, 6.45) is 1.87. The van der Waals surface area contributed by atoms with Crippen LogP contribution >= 0.6 is 0 Å². The van der Waals surface area contributed by atoms with Gasteiger partial charge < -0.3 is 9.64 Å². The van der Waals surface area contributed by atoms with Gasteiger partial charge in [-0.25, -0.2) is 14.6 Å². The van der Waals surface area contributed by atoms with E-state index in [0.29, 0.717) is 18.3 Å². The third kappa shape index (κ3) is 3.61. The van der Waals surface area contributed by atoms with Gasteiger partial charge in [0, 0.05) is 38.2 Å². The van der Waals surface area contributed by atoms with Crippen molar-refractivity contribution in [2.24, 2.45) is 16.5 Å². The largest absolute Gasteiger partial charge is 0.495 e. The van der Waals surface area contributed by atoms with Crippen molar-refractivity contribution < 1.29 is 13.2 Å². The van der Waals surface area contributed by atoms with Gasteiger partial charge in [0.2, 0.25) is 0 Å². The quantitative estimate of drug-likeness (QED) is 0.779. The summed E-state index contributed by atoms with van der Waals surface area (Å²) in [6, 6.07) is 0. The molecule has 0 atom stereocenters. The molecular weight excluding hydrogens is 368 g/mol. The number of ether oxygens (including phenoxy) is 1. The minimum atomic E-state index is -3.68. The molecule has 9 nitrogen and oxygen atoms in total. The monoisotopic (exact) mass is 396 g/mol. The van der Waals surface area contributed by atoms with Crippen LogP contribution < -0.4 is 14.8 Å². The molecule has 0 saturated carbocycles. The van der Waals surface area contributed by atoms with Crippen molar-refractivity contribution in [1.29, 1.82) is 0 Å². The molecule has 0 unspecified atom stereocenters. The normalized spacial score (nSPS) is 16.2. The predicted molar refractivity (Wildman–Crippen MR) is 104 cm³/mol. The van der Waals surface area contributed by atoms with Gasteiger partial charge >= 0.3 is 0 Å². The first-order valence-electron chi connectivity index (χ1n) is 8.83. The molecule has 0 aromatic carbocycles. The fourth-order valence-electron chi connectivity index (χ4n) is 3.66. The molecule has 10 heteroatoms. The van der Waals surface area contributed by atoms with E-state index in [1.165, 1.54) is 11.4 Å². The molecule has 1 saturated heterocycles. The number of aromatic nitrogens is 3. The molecule has 27 heavy (non-hydrogen) atoms. The van der Waals surface area contributed by atoms with E-state index in [1.54, 1.807) is 7.11 Å². The lowest BCUT2D eigenvalue weighted by molar-refractivity contribution is 0.144. The van der Waals surface area contributed by atoms with Crippen LogP contribution in [0.1, 0.15) is 25.2 Å². The maximum Gasteiger partial charge on any atom is 0.276 e. The smallest absolute Gasteiger partial charge is 0.276 e. The Bertz CT molecular complexity index is 963. The first-order valence-corrected chi connectivity index (χ1v) is 10.3. The highest BCUT2D eigenvalue weighted by Crippen LogP contribution is 2.39. The van der Waals surface area contributed by atoms with Crippen LogP contribution in [-0.4, -0.2) is 61.1 Å². The summed E-state index contributed by atoms with van der Waals surface area (Å²) in [4.78, 5) is 6.87. The van der Waals surface area contributed by atoms with Crippen molar-refractivity contribution in [3.8, 4) is 5.75 Å². The van der Waals surface area contributed by atoms with Gasteiger partial charge in [-0.05, 0) is 19.3 Å². The van der Waals surface area contributed by atoms with E-state index in [4.69, 9.17) is 9.88 Å². The van der Waals surface area contributed by atoms with Crippen LogP contribution in [0, 0.1) is 25.2 Å². The van der Waals surface area contributed by atoms with Crippen LogP contribution in [0.15, 0.2) is 6.20 Å². The number of methoxy groups -OCH3 is 1. The summed E-state index contributed by atoms with van der Waals surface area (Å²) in [5.41, 5.74) is 1.74. The SMILES string of the molecule is COc1cn2nc(C)nc(N3CC(C(C)(C)CN(C)S(N)(=O)=O)C3)c2c1C. The number of rotatable bonds is 6. The molecule has 2 aromatic heterocycles. The average Bonchev–Trinajstić information content (AvgIpc) is 2.79. The molecule has 3 rings (SSSR count). The molecule has 2 aromatic rings. The number of nitrogens with zero attached hydrogens (tertiary/aromatic N) is 5. The van der Waals surface area contributed by atoms with Crippen LogP contribution in [0.25, 0.3) is 5.52 Å². The van der Waals surface area contributed by atoms with E-state index in [9.17, 15) is 8.42 Å².